The minimum atomic E-state index is 0.813. The van der Waals surface area contributed by atoms with Crippen LogP contribution in [0.4, 0.5) is 0 Å². The van der Waals surface area contributed by atoms with Crippen LogP contribution in [0.2, 0.25) is 0 Å². The molecule has 0 radical (unpaired) electrons. The lowest BCUT2D eigenvalue weighted by Gasteiger charge is -1.99. The van der Waals surface area contributed by atoms with Gasteiger partial charge in [0.25, 0.3) is 0 Å². The lowest BCUT2D eigenvalue weighted by atomic mass is 10.1. The number of hydrogen-bond donors (Lipinski definition) is 0. The minimum Gasteiger partial charge on any atom is -0.298 e. The molecule has 0 aliphatic rings. The zero-order chi connectivity index (χ0) is 12.4. The summed E-state index contributed by atoms with van der Waals surface area (Å²) in [6.07, 6.45) is 10.9. The fraction of sp³-hybridized carbons (Fsp3) is 0.400. The molecule has 0 aromatic rings. The maximum atomic E-state index is 10.4. The van der Waals surface area contributed by atoms with Crippen LogP contribution < -0.4 is 0 Å². The second-order valence-electron chi connectivity index (χ2n) is 4.06. The maximum absolute atomic E-state index is 10.4. The van der Waals surface area contributed by atoms with Gasteiger partial charge < -0.3 is 0 Å². The number of rotatable bonds is 8. The molecule has 0 unspecified atom stereocenters. The predicted molar refractivity (Wildman–Crippen MR) is 71.4 cm³/mol. The Hall–Kier alpha value is -1.37. The number of hydrogen-bond acceptors (Lipinski definition) is 1. The Kier molecular flexibility index (Phi) is 8.14. The molecular formula is C15H22O. The molecular weight excluding hydrogens is 196 g/mol. The van der Waals surface area contributed by atoms with Gasteiger partial charge in [-0.25, -0.2) is 0 Å². The highest BCUT2D eigenvalue weighted by Crippen LogP contribution is 2.10. The summed E-state index contributed by atoms with van der Waals surface area (Å²) in [5, 5.41) is 0. The summed E-state index contributed by atoms with van der Waals surface area (Å²) in [5.74, 6) is 0. The van der Waals surface area contributed by atoms with Crippen LogP contribution in [-0.2, 0) is 4.79 Å². The van der Waals surface area contributed by atoms with Crippen molar-refractivity contribution in [3.05, 3.63) is 48.1 Å². The first-order valence-electron chi connectivity index (χ1n) is 5.68. The van der Waals surface area contributed by atoms with E-state index in [9.17, 15) is 4.79 Å². The smallest absolute Gasteiger partial charge is 0.145 e. The zero-order valence-corrected chi connectivity index (χ0v) is 10.5. The van der Waals surface area contributed by atoms with E-state index in [1.807, 2.05) is 13.0 Å². The Balaban J connectivity index is 3.83. The maximum Gasteiger partial charge on any atom is 0.145 e. The molecule has 0 saturated carbocycles. The Morgan fingerprint density at radius 2 is 1.75 bits per heavy atom. The van der Waals surface area contributed by atoms with Crippen molar-refractivity contribution in [2.45, 2.75) is 39.5 Å². The molecule has 0 bridgehead atoms. The van der Waals surface area contributed by atoms with E-state index >= 15 is 0 Å². The molecule has 0 atom stereocenters. The SMILES string of the molecule is C=CC(=C)CC/C=C(/C)CC/C=C(\C)C=O. The quantitative estimate of drug-likeness (QED) is 0.256. The minimum absolute atomic E-state index is 0.813. The van der Waals surface area contributed by atoms with Crippen molar-refractivity contribution < 1.29 is 4.79 Å². The van der Waals surface area contributed by atoms with Crippen LogP contribution in [0, 0.1) is 0 Å². The van der Waals surface area contributed by atoms with E-state index in [1.165, 1.54) is 5.57 Å². The summed E-state index contributed by atoms with van der Waals surface area (Å²) in [7, 11) is 0. The van der Waals surface area contributed by atoms with Gasteiger partial charge in [0.1, 0.15) is 6.29 Å². The molecule has 0 saturated heterocycles. The Morgan fingerprint density at radius 1 is 1.12 bits per heavy atom. The van der Waals surface area contributed by atoms with E-state index in [0.717, 1.165) is 43.1 Å². The van der Waals surface area contributed by atoms with Crippen molar-refractivity contribution in [3.63, 3.8) is 0 Å². The van der Waals surface area contributed by atoms with E-state index < -0.39 is 0 Å². The highest BCUT2D eigenvalue weighted by atomic mass is 16.1. The first-order chi connectivity index (χ1) is 7.60. The van der Waals surface area contributed by atoms with Crippen molar-refractivity contribution >= 4 is 6.29 Å². The summed E-state index contributed by atoms with van der Waals surface area (Å²) >= 11 is 0. The van der Waals surface area contributed by atoms with Gasteiger partial charge in [-0.3, -0.25) is 4.79 Å². The number of allylic oxidation sites excluding steroid dienone is 6. The largest absolute Gasteiger partial charge is 0.298 e. The number of carbonyl (C=O) groups is 1. The predicted octanol–water partition coefficient (Wildman–Crippen LogP) is 4.38. The molecule has 1 heteroatoms. The molecule has 0 heterocycles. The van der Waals surface area contributed by atoms with E-state index in [-0.39, 0.29) is 0 Å². The summed E-state index contributed by atoms with van der Waals surface area (Å²) < 4.78 is 0. The van der Waals surface area contributed by atoms with Gasteiger partial charge in [-0.2, -0.15) is 0 Å². The van der Waals surface area contributed by atoms with Crippen LogP contribution in [0.15, 0.2) is 48.1 Å². The molecule has 0 amide bonds. The Labute approximate surface area is 99.3 Å². The van der Waals surface area contributed by atoms with E-state index in [2.05, 4.69) is 26.2 Å². The number of aldehydes is 1. The third-order valence-electron chi connectivity index (χ3n) is 2.44. The normalized spacial score (nSPS) is 12.4. The van der Waals surface area contributed by atoms with Crippen molar-refractivity contribution in [3.8, 4) is 0 Å². The summed E-state index contributed by atoms with van der Waals surface area (Å²) in [6, 6.07) is 0. The number of carbonyl (C=O) groups excluding carboxylic acids is 1. The van der Waals surface area contributed by atoms with Crippen LogP contribution in [-0.4, -0.2) is 6.29 Å². The average Bonchev–Trinajstić information content (AvgIpc) is 2.28. The third-order valence-corrected chi connectivity index (χ3v) is 2.44. The molecule has 88 valence electrons. The molecule has 0 fully saturated rings. The molecule has 0 rings (SSSR count). The first kappa shape index (κ1) is 14.6. The summed E-state index contributed by atoms with van der Waals surface area (Å²) in [5.41, 5.74) is 3.26. The van der Waals surface area contributed by atoms with Crippen molar-refractivity contribution in [1.82, 2.24) is 0 Å². The van der Waals surface area contributed by atoms with Gasteiger partial charge in [-0.05, 0) is 45.1 Å². The van der Waals surface area contributed by atoms with Crippen LogP contribution in [0.5, 0.6) is 0 Å². The second kappa shape index (κ2) is 8.90. The average molecular weight is 218 g/mol. The fourth-order valence-corrected chi connectivity index (χ4v) is 1.28. The van der Waals surface area contributed by atoms with Crippen LogP contribution >= 0.6 is 0 Å². The van der Waals surface area contributed by atoms with Gasteiger partial charge in [-0.15, -0.1) is 0 Å². The lowest BCUT2D eigenvalue weighted by molar-refractivity contribution is -0.104. The molecule has 0 aromatic carbocycles. The summed E-state index contributed by atoms with van der Waals surface area (Å²) in [4.78, 5) is 10.4. The van der Waals surface area contributed by atoms with Crippen molar-refractivity contribution in [1.29, 1.82) is 0 Å². The lowest BCUT2D eigenvalue weighted by Crippen LogP contribution is -1.81. The van der Waals surface area contributed by atoms with Crippen LogP contribution in [0.25, 0.3) is 0 Å². The second-order valence-corrected chi connectivity index (χ2v) is 4.06. The van der Waals surface area contributed by atoms with Crippen LogP contribution in [0.1, 0.15) is 39.5 Å². The van der Waals surface area contributed by atoms with Crippen molar-refractivity contribution in [2.75, 3.05) is 0 Å². The molecule has 0 aliphatic carbocycles. The molecule has 16 heavy (non-hydrogen) atoms. The molecule has 0 aromatic heterocycles. The van der Waals surface area contributed by atoms with Gasteiger partial charge in [0.15, 0.2) is 0 Å². The Bertz CT molecular complexity index is 305. The van der Waals surface area contributed by atoms with Gasteiger partial charge in [0.05, 0.1) is 0 Å². The van der Waals surface area contributed by atoms with Gasteiger partial charge in [0, 0.05) is 0 Å². The molecule has 1 nitrogen and oxygen atoms in total. The van der Waals surface area contributed by atoms with Crippen LogP contribution in [0.3, 0.4) is 0 Å². The third kappa shape index (κ3) is 7.98. The van der Waals surface area contributed by atoms with Crippen molar-refractivity contribution in [2.24, 2.45) is 0 Å². The molecule has 0 N–H and O–H groups in total. The van der Waals surface area contributed by atoms with E-state index in [4.69, 9.17) is 0 Å². The zero-order valence-electron chi connectivity index (χ0n) is 10.5. The fourth-order valence-electron chi connectivity index (χ4n) is 1.28. The monoisotopic (exact) mass is 218 g/mol. The van der Waals surface area contributed by atoms with Gasteiger partial charge >= 0.3 is 0 Å². The molecule has 0 spiro atoms. The van der Waals surface area contributed by atoms with E-state index in [0.29, 0.717) is 0 Å². The standard InChI is InChI=1S/C15H22O/c1-5-13(2)8-6-9-14(3)10-7-11-15(4)12-16/h5,9,11-12H,1-2,6-8,10H2,3-4H3/b14-9-,15-11+. The summed E-state index contributed by atoms with van der Waals surface area (Å²) in [6.45, 7) is 11.5. The Morgan fingerprint density at radius 3 is 2.31 bits per heavy atom. The first-order valence-corrected chi connectivity index (χ1v) is 5.68. The highest BCUT2D eigenvalue weighted by molar-refractivity contribution is 5.71. The molecule has 0 aliphatic heterocycles. The van der Waals surface area contributed by atoms with E-state index in [1.54, 1.807) is 6.08 Å². The topological polar surface area (TPSA) is 17.1 Å². The highest BCUT2D eigenvalue weighted by Gasteiger charge is 1.91. The van der Waals surface area contributed by atoms with Gasteiger partial charge in [0.2, 0.25) is 0 Å². The van der Waals surface area contributed by atoms with Gasteiger partial charge in [-0.1, -0.05) is 42.5 Å².